The minimum absolute atomic E-state index is 0.135. The SMILES string of the molecule is O=C(c1cc(=O)c2ccc3ccccc3c2o1)N1CCCC1. The Balaban J connectivity index is 1.96. The molecule has 110 valence electrons. The summed E-state index contributed by atoms with van der Waals surface area (Å²) >= 11 is 0. The number of nitrogens with zero attached hydrogens (tertiary/aromatic N) is 1. The van der Waals surface area contributed by atoms with Gasteiger partial charge in [0.1, 0.15) is 5.58 Å². The fraction of sp³-hybridized carbons (Fsp3) is 0.222. The summed E-state index contributed by atoms with van der Waals surface area (Å²) in [5.74, 6) is -0.0554. The first-order valence-electron chi connectivity index (χ1n) is 7.49. The zero-order valence-corrected chi connectivity index (χ0v) is 12.0. The van der Waals surface area contributed by atoms with E-state index in [9.17, 15) is 9.59 Å². The Hall–Kier alpha value is -2.62. The molecule has 0 N–H and O–H groups in total. The molecule has 3 aromatic rings. The summed E-state index contributed by atoms with van der Waals surface area (Å²) in [7, 11) is 0. The first-order valence-corrected chi connectivity index (χ1v) is 7.49. The van der Waals surface area contributed by atoms with Crippen LogP contribution in [-0.4, -0.2) is 23.9 Å². The second-order valence-corrected chi connectivity index (χ2v) is 5.64. The molecule has 1 amide bonds. The van der Waals surface area contributed by atoms with Crippen molar-refractivity contribution < 1.29 is 9.21 Å². The fourth-order valence-corrected chi connectivity index (χ4v) is 3.06. The van der Waals surface area contributed by atoms with Crippen molar-refractivity contribution in [1.29, 1.82) is 0 Å². The Morgan fingerprint density at radius 1 is 1.00 bits per heavy atom. The predicted molar refractivity (Wildman–Crippen MR) is 85.1 cm³/mol. The number of carbonyl (C=O) groups is 1. The van der Waals surface area contributed by atoms with Crippen molar-refractivity contribution >= 4 is 27.6 Å². The topological polar surface area (TPSA) is 50.5 Å². The molecule has 4 heteroatoms. The van der Waals surface area contributed by atoms with E-state index < -0.39 is 0 Å². The van der Waals surface area contributed by atoms with E-state index in [1.165, 1.54) is 6.07 Å². The molecule has 2 aromatic carbocycles. The Morgan fingerprint density at radius 2 is 1.77 bits per heavy atom. The highest BCUT2D eigenvalue weighted by Crippen LogP contribution is 2.25. The Kier molecular flexibility index (Phi) is 2.96. The summed E-state index contributed by atoms with van der Waals surface area (Å²) in [6.45, 7) is 1.46. The van der Waals surface area contributed by atoms with E-state index in [1.54, 1.807) is 11.0 Å². The molecular weight excluding hydrogens is 278 g/mol. The van der Waals surface area contributed by atoms with Crippen molar-refractivity contribution in [3.63, 3.8) is 0 Å². The molecule has 1 aromatic heterocycles. The van der Waals surface area contributed by atoms with Crippen LogP contribution in [0.4, 0.5) is 0 Å². The van der Waals surface area contributed by atoms with Crippen LogP contribution < -0.4 is 5.43 Å². The number of rotatable bonds is 1. The van der Waals surface area contributed by atoms with Gasteiger partial charge in [0.2, 0.25) is 0 Å². The van der Waals surface area contributed by atoms with Gasteiger partial charge in [-0.25, -0.2) is 0 Å². The Labute approximate surface area is 127 Å². The predicted octanol–water partition coefficient (Wildman–Crippen LogP) is 3.18. The number of hydrogen-bond donors (Lipinski definition) is 0. The van der Waals surface area contributed by atoms with E-state index in [0.717, 1.165) is 36.7 Å². The van der Waals surface area contributed by atoms with Crippen LogP contribution >= 0.6 is 0 Å². The third-order valence-corrected chi connectivity index (χ3v) is 4.22. The van der Waals surface area contributed by atoms with Gasteiger partial charge in [-0.2, -0.15) is 0 Å². The van der Waals surface area contributed by atoms with E-state index in [2.05, 4.69) is 0 Å². The number of carbonyl (C=O) groups excluding carboxylic acids is 1. The van der Waals surface area contributed by atoms with Crippen molar-refractivity contribution in [1.82, 2.24) is 4.90 Å². The maximum Gasteiger partial charge on any atom is 0.289 e. The van der Waals surface area contributed by atoms with Gasteiger partial charge >= 0.3 is 0 Å². The van der Waals surface area contributed by atoms with Gasteiger partial charge in [0, 0.05) is 24.5 Å². The summed E-state index contributed by atoms with van der Waals surface area (Å²) in [6, 6.07) is 12.7. The molecule has 4 rings (SSSR count). The lowest BCUT2D eigenvalue weighted by atomic mass is 10.1. The van der Waals surface area contributed by atoms with Crippen LogP contribution in [0.2, 0.25) is 0 Å². The second kappa shape index (κ2) is 4.98. The Morgan fingerprint density at radius 3 is 2.59 bits per heavy atom. The molecule has 0 radical (unpaired) electrons. The largest absolute Gasteiger partial charge is 0.450 e. The average molecular weight is 293 g/mol. The van der Waals surface area contributed by atoms with Gasteiger partial charge in [-0.05, 0) is 24.3 Å². The third-order valence-electron chi connectivity index (χ3n) is 4.22. The molecule has 22 heavy (non-hydrogen) atoms. The van der Waals surface area contributed by atoms with E-state index in [4.69, 9.17) is 4.42 Å². The summed E-state index contributed by atoms with van der Waals surface area (Å²) in [5, 5.41) is 2.36. The number of benzene rings is 2. The maximum atomic E-state index is 12.5. The van der Waals surface area contributed by atoms with Gasteiger partial charge < -0.3 is 9.32 Å². The molecule has 2 heterocycles. The quantitative estimate of drug-likeness (QED) is 0.647. The lowest BCUT2D eigenvalue weighted by Gasteiger charge is -2.14. The number of amides is 1. The minimum Gasteiger partial charge on any atom is -0.450 e. The van der Waals surface area contributed by atoms with E-state index in [0.29, 0.717) is 11.0 Å². The van der Waals surface area contributed by atoms with Crippen LogP contribution in [0.3, 0.4) is 0 Å². The molecule has 1 aliphatic rings. The molecular formula is C18H15NO3. The first kappa shape index (κ1) is 13.1. The number of fused-ring (bicyclic) bond motifs is 3. The molecule has 1 aliphatic heterocycles. The van der Waals surface area contributed by atoms with Gasteiger partial charge in [0.25, 0.3) is 5.91 Å². The molecule has 1 fully saturated rings. The summed E-state index contributed by atoms with van der Waals surface area (Å²) in [4.78, 5) is 26.5. The van der Waals surface area contributed by atoms with Crippen LogP contribution in [0.15, 0.2) is 51.7 Å². The van der Waals surface area contributed by atoms with Gasteiger partial charge in [-0.1, -0.05) is 30.3 Å². The van der Waals surface area contributed by atoms with Crippen LogP contribution in [0.5, 0.6) is 0 Å². The molecule has 0 spiro atoms. The van der Waals surface area contributed by atoms with Gasteiger partial charge in [0.05, 0.1) is 5.39 Å². The normalized spacial score (nSPS) is 14.8. The van der Waals surface area contributed by atoms with Crippen LogP contribution in [-0.2, 0) is 0 Å². The first-order chi connectivity index (χ1) is 10.7. The lowest BCUT2D eigenvalue weighted by molar-refractivity contribution is 0.0762. The van der Waals surface area contributed by atoms with E-state index in [1.807, 2.05) is 30.3 Å². The summed E-state index contributed by atoms with van der Waals surface area (Å²) < 4.78 is 5.84. The third kappa shape index (κ3) is 1.99. The summed E-state index contributed by atoms with van der Waals surface area (Å²) in [5.41, 5.74) is 0.322. The molecule has 1 saturated heterocycles. The Bertz CT molecular complexity index is 936. The second-order valence-electron chi connectivity index (χ2n) is 5.64. The van der Waals surface area contributed by atoms with Crippen molar-refractivity contribution in [3.05, 3.63) is 58.4 Å². The zero-order valence-electron chi connectivity index (χ0n) is 12.0. The monoisotopic (exact) mass is 293 g/mol. The average Bonchev–Trinajstić information content (AvgIpc) is 3.08. The highest BCUT2D eigenvalue weighted by atomic mass is 16.3. The molecule has 4 nitrogen and oxygen atoms in total. The zero-order chi connectivity index (χ0) is 15.1. The van der Waals surface area contributed by atoms with Gasteiger partial charge in [-0.3, -0.25) is 9.59 Å². The van der Waals surface area contributed by atoms with Gasteiger partial charge in [0.15, 0.2) is 11.2 Å². The van der Waals surface area contributed by atoms with Crippen molar-refractivity contribution in [2.75, 3.05) is 13.1 Å². The fourth-order valence-electron chi connectivity index (χ4n) is 3.06. The minimum atomic E-state index is -0.190. The smallest absolute Gasteiger partial charge is 0.289 e. The molecule has 0 bridgehead atoms. The highest BCUT2D eigenvalue weighted by Gasteiger charge is 2.22. The summed E-state index contributed by atoms with van der Waals surface area (Å²) in [6.07, 6.45) is 2.01. The van der Waals surface area contributed by atoms with Gasteiger partial charge in [-0.15, -0.1) is 0 Å². The molecule has 0 saturated carbocycles. The lowest BCUT2D eigenvalue weighted by Crippen LogP contribution is -2.28. The standard InChI is InChI=1S/C18H15NO3/c20-15-11-16(18(21)19-9-3-4-10-19)22-17-13-6-2-1-5-12(13)7-8-14(15)17/h1-2,5-8,11H,3-4,9-10H2. The molecule has 0 aliphatic carbocycles. The van der Waals surface area contributed by atoms with E-state index in [-0.39, 0.29) is 17.1 Å². The van der Waals surface area contributed by atoms with Crippen molar-refractivity contribution in [2.24, 2.45) is 0 Å². The number of likely N-dealkylation sites (tertiary alicyclic amines) is 1. The number of hydrogen-bond acceptors (Lipinski definition) is 3. The maximum absolute atomic E-state index is 12.5. The van der Waals surface area contributed by atoms with Crippen LogP contribution in [0, 0.1) is 0 Å². The molecule has 0 atom stereocenters. The van der Waals surface area contributed by atoms with Crippen LogP contribution in [0.1, 0.15) is 23.4 Å². The highest BCUT2D eigenvalue weighted by molar-refractivity contribution is 6.05. The van der Waals surface area contributed by atoms with Crippen LogP contribution in [0.25, 0.3) is 21.7 Å². The van der Waals surface area contributed by atoms with Crippen molar-refractivity contribution in [3.8, 4) is 0 Å². The van der Waals surface area contributed by atoms with Crippen molar-refractivity contribution in [2.45, 2.75) is 12.8 Å². The molecule has 0 unspecified atom stereocenters. The van der Waals surface area contributed by atoms with E-state index >= 15 is 0 Å².